The number of halogens is 2. The second kappa shape index (κ2) is 5.58. The lowest BCUT2D eigenvalue weighted by Gasteiger charge is -2.25. The first-order chi connectivity index (χ1) is 10.5. The number of hydrogen-bond acceptors (Lipinski definition) is 3. The zero-order valence-electron chi connectivity index (χ0n) is 11.3. The summed E-state index contributed by atoms with van der Waals surface area (Å²) in [5.41, 5.74) is 0.606. The van der Waals surface area contributed by atoms with E-state index in [2.05, 4.69) is 27.6 Å². The van der Waals surface area contributed by atoms with Crippen molar-refractivity contribution < 1.29 is 12.8 Å². The number of rotatable bonds is 3. The normalized spacial score (nSPS) is 20.5. The number of hydrogen-bond donors (Lipinski definition) is 0. The minimum Gasteiger partial charge on any atom is -0.267 e. The summed E-state index contributed by atoms with van der Waals surface area (Å²) in [7, 11) is -3.79. The van der Waals surface area contributed by atoms with Crippen LogP contribution in [0.3, 0.4) is 0 Å². The van der Waals surface area contributed by atoms with Gasteiger partial charge < -0.3 is 0 Å². The fourth-order valence-corrected chi connectivity index (χ4v) is 4.48. The fourth-order valence-electron chi connectivity index (χ4n) is 2.35. The monoisotopic (exact) mass is 427 g/mol. The highest BCUT2D eigenvalue weighted by atomic mass is 127. The maximum atomic E-state index is 13.1. The lowest BCUT2D eigenvalue weighted by molar-refractivity contribution is 0.582. The molecule has 0 bridgehead atoms. The Balaban J connectivity index is 2.20. The van der Waals surface area contributed by atoms with E-state index in [-0.39, 0.29) is 4.90 Å². The van der Waals surface area contributed by atoms with E-state index in [1.807, 2.05) is 12.1 Å². The van der Waals surface area contributed by atoms with Gasteiger partial charge in [-0.25, -0.2) is 12.8 Å². The van der Waals surface area contributed by atoms with Crippen molar-refractivity contribution in [2.75, 3.05) is 0 Å². The fraction of sp³-hybridized carbons (Fsp3) is 0.0625. The van der Waals surface area contributed by atoms with Crippen LogP contribution in [0.4, 0.5) is 4.39 Å². The third-order valence-corrected chi connectivity index (χ3v) is 6.52. The third kappa shape index (κ3) is 2.40. The van der Waals surface area contributed by atoms with Crippen LogP contribution < -0.4 is 0 Å². The van der Waals surface area contributed by atoms with E-state index in [0.29, 0.717) is 5.56 Å². The Bertz CT molecular complexity index is 844. The summed E-state index contributed by atoms with van der Waals surface area (Å²) >= 11 is 2.16. The average molecular weight is 427 g/mol. The van der Waals surface area contributed by atoms with E-state index in [4.69, 9.17) is 0 Å². The zero-order valence-corrected chi connectivity index (χ0v) is 14.3. The molecule has 0 unspecified atom stereocenters. The van der Waals surface area contributed by atoms with Crippen molar-refractivity contribution in [2.45, 2.75) is 9.64 Å². The maximum absolute atomic E-state index is 13.1. The molecule has 0 saturated heterocycles. The Morgan fingerprint density at radius 3 is 2.18 bits per heavy atom. The summed E-state index contributed by atoms with van der Waals surface area (Å²) in [6.45, 7) is 0. The van der Waals surface area contributed by atoms with Gasteiger partial charge in [0.2, 0.25) is 0 Å². The highest BCUT2D eigenvalue weighted by Gasteiger charge is 2.44. The summed E-state index contributed by atoms with van der Waals surface area (Å²) in [6, 6.07) is 12.1. The van der Waals surface area contributed by atoms with E-state index < -0.39 is 20.4 Å². The van der Waals surface area contributed by atoms with E-state index >= 15 is 0 Å². The summed E-state index contributed by atoms with van der Waals surface area (Å²) in [6.07, 6.45) is 4.43. The standard InChI is InChI=1S/C16H11FINO2S/c17-13-3-7-15(8-4-13)22(20,21)16(9-10-19-11-16)12-1-5-14(18)6-2-12/h1-11H/t16-/m0/s1. The van der Waals surface area contributed by atoms with E-state index in [0.717, 1.165) is 15.7 Å². The van der Waals surface area contributed by atoms with Gasteiger partial charge in [-0.05, 0) is 70.6 Å². The minimum atomic E-state index is -3.79. The molecule has 0 amide bonds. The largest absolute Gasteiger partial charge is 0.267 e. The summed E-state index contributed by atoms with van der Waals surface area (Å²) in [5.74, 6) is -0.474. The molecule has 3 rings (SSSR count). The van der Waals surface area contributed by atoms with Gasteiger partial charge in [-0.1, -0.05) is 12.1 Å². The smallest absolute Gasteiger partial charge is 0.197 e. The topological polar surface area (TPSA) is 46.5 Å². The van der Waals surface area contributed by atoms with Gasteiger partial charge in [-0.15, -0.1) is 0 Å². The molecular weight excluding hydrogens is 416 g/mol. The van der Waals surface area contributed by atoms with Crippen molar-refractivity contribution in [1.29, 1.82) is 0 Å². The third-order valence-electron chi connectivity index (χ3n) is 3.54. The predicted octanol–water partition coefficient (Wildman–Crippen LogP) is 3.70. The molecule has 0 N–H and O–H groups in total. The van der Waals surface area contributed by atoms with Gasteiger partial charge in [0.15, 0.2) is 14.6 Å². The molecule has 0 saturated carbocycles. The van der Waals surface area contributed by atoms with Crippen molar-refractivity contribution in [2.24, 2.45) is 4.99 Å². The molecule has 3 nitrogen and oxygen atoms in total. The van der Waals surface area contributed by atoms with E-state index in [1.165, 1.54) is 24.5 Å². The Morgan fingerprint density at radius 2 is 1.64 bits per heavy atom. The summed E-state index contributed by atoms with van der Waals surface area (Å²) in [5, 5.41) is 0. The second-order valence-corrected chi connectivity index (χ2v) is 8.25. The van der Waals surface area contributed by atoms with Gasteiger partial charge in [0.25, 0.3) is 0 Å². The highest BCUT2D eigenvalue weighted by molar-refractivity contribution is 14.1. The Hall–Kier alpha value is -1.54. The van der Waals surface area contributed by atoms with Crippen molar-refractivity contribution in [3.8, 4) is 0 Å². The van der Waals surface area contributed by atoms with E-state index in [9.17, 15) is 12.8 Å². The number of aliphatic imine (C=N–C) groups is 1. The molecule has 0 aromatic heterocycles. The van der Waals surface area contributed by atoms with Crippen molar-refractivity contribution in [1.82, 2.24) is 0 Å². The molecule has 1 aliphatic rings. The molecule has 2 aromatic carbocycles. The SMILES string of the molecule is O=S(=O)(c1ccc(F)cc1)[C@@]1(c2ccc(I)cc2)C=CN=C1. The maximum Gasteiger partial charge on any atom is 0.197 e. The van der Waals surface area contributed by atoms with Gasteiger partial charge in [-0.2, -0.15) is 0 Å². The molecule has 1 heterocycles. The summed E-state index contributed by atoms with van der Waals surface area (Å²) < 4.78 is 38.9. The van der Waals surface area contributed by atoms with Crippen molar-refractivity contribution >= 4 is 38.6 Å². The van der Waals surface area contributed by atoms with Crippen LogP contribution >= 0.6 is 22.6 Å². The molecule has 0 aliphatic carbocycles. The number of benzene rings is 2. The molecule has 1 atom stereocenters. The lowest BCUT2D eigenvalue weighted by Crippen LogP contribution is -2.34. The molecule has 6 heteroatoms. The Labute approximate surface area is 141 Å². The Kier molecular flexibility index (Phi) is 3.90. The van der Waals surface area contributed by atoms with Crippen molar-refractivity contribution in [3.63, 3.8) is 0 Å². The second-order valence-electron chi connectivity index (χ2n) is 4.85. The van der Waals surface area contributed by atoms with Gasteiger partial charge in [0.1, 0.15) is 5.82 Å². The molecule has 0 radical (unpaired) electrons. The quantitative estimate of drug-likeness (QED) is 0.554. The van der Waals surface area contributed by atoms with Gasteiger partial charge in [-0.3, -0.25) is 4.99 Å². The van der Waals surface area contributed by atoms with Crippen LogP contribution in [-0.2, 0) is 14.6 Å². The van der Waals surface area contributed by atoms with Crippen LogP contribution in [0.15, 0.2) is 70.7 Å². The van der Waals surface area contributed by atoms with Crippen LogP contribution in [0, 0.1) is 9.39 Å². The minimum absolute atomic E-state index is 0.0606. The van der Waals surface area contributed by atoms with Gasteiger partial charge >= 0.3 is 0 Å². The average Bonchev–Trinajstić information content (AvgIpc) is 3.00. The predicted molar refractivity (Wildman–Crippen MR) is 92.1 cm³/mol. The van der Waals surface area contributed by atoms with Gasteiger partial charge in [0.05, 0.1) is 4.90 Å². The van der Waals surface area contributed by atoms with Crippen LogP contribution in [0.25, 0.3) is 0 Å². The lowest BCUT2D eigenvalue weighted by atomic mass is 10.0. The molecule has 0 fully saturated rings. The van der Waals surface area contributed by atoms with Gasteiger partial charge in [0, 0.05) is 16.0 Å². The molecule has 22 heavy (non-hydrogen) atoms. The molecule has 112 valence electrons. The first kappa shape index (κ1) is 15.4. The molecule has 1 aliphatic heterocycles. The van der Waals surface area contributed by atoms with Crippen LogP contribution in [0.2, 0.25) is 0 Å². The Morgan fingerprint density at radius 1 is 1.00 bits per heavy atom. The van der Waals surface area contributed by atoms with Crippen molar-refractivity contribution in [3.05, 3.63) is 75.8 Å². The first-order valence-corrected chi connectivity index (χ1v) is 9.00. The molecule has 0 spiro atoms. The molecular formula is C16H11FINO2S. The summed E-state index contributed by atoms with van der Waals surface area (Å²) in [4.78, 5) is 4.05. The van der Waals surface area contributed by atoms with E-state index in [1.54, 1.807) is 18.2 Å². The number of nitrogens with zero attached hydrogens (tertiary/aromatic N) is 1. The molecule has 2 aromatic rings. The first-order valence-electron chi connectivity index (χ1n) is 6.44. The number of sulfone groups is 1. The van der Waals surface area contributed by atoms with Crippen LogP contribution in [-0.4, -0.2) is 14.6 Å². The zero-order chi connectivity index (χ0) is 15.8. The highest BCUT2D eigenvalue weighted by Crippen LogP contribution is 2.38. The van der Waals surface area contributed by atoms with Crippen LogP contribution in [0.1, 0.15) is 5.56 Å². The van der Waals surface area contributed by atoms with Crippen LogP contribution in [0.5, 0.6) is 0 Å².